The van der Waals surface area contributed by atoms with E-state index in [2.05, 4.69) is 12.1 Å². The van der Waals surface area contributed by atoms with Crippen LogP contribution in [0, 0.1) is 0 Å². The quantitative estimate of drug-likeness (QED) is 0.184. The molecule has 0 saturated heterocycles. The lowest BCUT2D eigenvalue weighted by Crippen LogP contribution is -2.06. The summed E-state index contributed by atoms with van der Waals surface area (Å²) in [7, 11) is 0. The maximum atomic E-state index is 9.25. The molecule has 0 aliphatic carbocycles. The van der Waals surface area contributed by atoms with Crippen LogP contribution >= 0.6 is 11.3 Å². The number of nitrogens with zero attached hydrogens (tertiary/aromatic N) is 4. The van der Waals surface area contributed by atoms with Gasteiger partial charge in [0.2, 0.25) is 5.95 Å². The number of thiophene rings is 1. The molecule has 0 spiro atoms. The summed E-state index contributed by atoms with van der Waals surface area (Å²) in [6.07, 6.45) is 0. The maximum absolute atomic E-state index is 9.25. The van der Waals surface area contributed by atoms with Crippen molar-refractivity contribution in [2.24, 2.45) is 0 Å². The van der Waals surface area contributed by atoms with Gasteiger partial charge in [-0.05, 0) is 46.5 Å². The monoisotopic (exact) mass is 665 g/mol. The third-order valence-corrected chi connectivity index (χ3v) is 10.0. The fourth-order valence-electron chi connectivity index (χ4n) is 6.60. The normalized spacial score (nSPS) is 14.1. The number of aromatic nitrogens is 4. The fourth-order valence-corrected chi connectivity index (χ4v) is 7.74. The summed E-state index contributed by atoms with van der Waals surface area (Å²) in [5.41, 5.74) is 3.94. The topological polar surface area (TPSA) is 43.6 Å². The van der Waals surface area contributed by atoms with Crippen molar-refractivity contribution in [3.63, 3.8) is 0 Å². The molecule has 3 heterocycles. The summed E-state index contributed by atoms with van der Waals surface area (Å²) in [5.74, 6) is 0.713. The van der Waals surface area contributed by atoms with E-state index in [0.717, 1.165) is 31.3 Å². The lowest BCUT2D eigenvalue weighted by atomic mass is 9.99. The van der Waals surface area contributed by atoms with Crippen molar-refractivity contribution in [2.45, 2.75) is 0 Å². The van der Waals surface area contributed by atoms with Gasteiger partial charge in [0, 0.05) is 42.1 Å². The smallest absolute Gasteiger partial charge is 0.238 e. The summed E-state index contributed by atoms with van der Waals surface area (Å²) in [6, 6.07) is 32.9. The molecule has 0 amide bonds. The van der Waals surface area contributed by atoms with Gasteiger partial charge >= 0.3 is 0 Å². The van der Waals surface area contributed by atoms with E-state index in [1.54, 1.807) is 34.1 Å². The summed E-state index contributed by atoms with van der Waals surface area (Å²) < 4.78 is 82.4. The highest BCUT2D eigenvalue weighted by atomic mass is 32.1. The van der Waals surface area contributed by atoms with Gasteiger partial charge in [-0.3, -0.25) is 4.57 Å². The van der Waals surface area contributed by atoms with Crippen LogP contribution in [-0.2, 0) is 0 Å². The molecular weight excluding hydrogens is 629 g/mol. The lowest BCUT2D eigenvalue weighted by Gasteiger charge is -2.12. The van der Waals surface area contributed by atoms with Crippen LogP contribution in [0.5, 0.6) is 0 Å². The van der Waals surface area contributed by atoms with Gasteiger partial charge in [0.1, 0.15) is 0 Å². The Morgan fingerprint density at radius 3 is 2.00 bits per heavy atom. The van der Waals surface area contributed by atoms with Gasteiger partial charge in [-0.2, -0.15) is 9.97 Å². The zero-order valence-corrected chi connectivity index (χ0v) is 27.0. The summed E-state index contributed by atoms with van der Waals surface area (Å²) in [6.45, 7) is 0. The molecule has 0 unspecified atom stereocenters. The van der Waals surface area contributed by atoms with Crippen LogP contribution < -0.4 is 0 Å². The van der Waals surface area contributed by atoms with Crippen molar-refractivity contribution in [3.05, 3.63) is 170 Å². The predicted octanol–water partition coefficient (Wildman–Crippen LogP) is 12.0. The van der Waals surface area contributed by atoms with Gasteiger partial charge in [-0.25, -0.2) is 4.98 Å². The van der Waals surface area contributed by atoms with Crippen LogP contribution in [-0.4, -0.2) is 19.5 Å². The second-order valence-electron chi connectivity index (χ2n) is 11.8. The van der Waals surface area contributed by atoms with Crippen LogP contribution in [0.25, 0.3) is 93.0 Å². The Kier molecular flexibility index (Phi) is 4.84. The third kappa shape index (κ3) is 4.71. The van der Waals surface area contributed by atoms with Gasteiger partial charge in [-0.1, -0.05) is 145 Å². The zero-order chi connectivity index (χ0) is 40.9. The van der Waals surface area contributed by atoms with Gasteiger partial charge in [0.25, 0.3) is 0 Å². The number of hydrogen-bond donors (Lipinski definition) is 0. The van der Waals surface area contributed by atoms with E-state index in [4.69, 9.17) is 24.5 Å². The molecule has 0 radical (unpaired) electrons. The van der Waals surface area contributed by atoms with Crippen LogP contribution in [0.3, 0.4) is 0 Å². The lowest BCUT2D eigenvalue weighted by molar-refractivity contribution is 0.954. The Balaban J connectivity index is 1.29. The second kappa shape index (κ2) is 11.6. The van der Waals surface area contributed by atoms with E-state index < -0.39 is 42.3 Å². The summed E-state index contributed by atoms with van der Waals surface area (Å²) in [4.78, 5) is 15.0. The number of benzene rings is 7. The molecule has 0 aliphatic heterocycles. The molecule has 0 bridgehead atoms. The fraction of sp³-hybridized carbons (Fsp3) is 0. The minimum Gasteiger partial charge on any atom is -0.278 e. The van der Waals surface area contributed by atoms with Gasteiger partial charge < -0.3 is 0 Å². The highest BCUT2D eigenvalue weighted by Crippen LogP contribution is 2.39. The minimum absolute atomic E-state index is 0.0632. The first-order valence-electron chi connectivity index (χ1n) is 20.5. The second-order valence-corrected chi connectivity index (χ2v) is 12.9. The highest BCUT2D eigenvalue weighted by Gasteiger charge is 2.20. The number of fused-ring (bicyclic) bond motifs is 6. The first-order chi connectivity index (χ1) is 28.5. The Labute approximate surface area is 305 Å². The maximum Gasteiger partial charge on any atom is 0.238 e. The van der Waals surface area contributed by atoms with E-state index in [9.17, 15) is 2.74 Å². The van der Waals surface area contributed by atoms with E-state index in [-0.39, 0.29) is 45.4 Å². The van der Waals surface area contributed by atoms with Crippen molar-refractivity contribution in [2.75, 3.05) is 0 Å². The molecular formula is C45H28N4S. The largest absolute Gasteiger partial charge is 0.278 e. The van der Waals surface area contributed by atoms with Crippen LogP contribution in [0.15, 0.2) is 170 Å². The minimum atomic E-state index is -0.545. The molecule has 4 nitrogen and oxygen atoms in total. The molecule has 0 fully saturated rings. The highest BCUT2D eigenvalue weighted by molar-refractivity contribution is 7.25. The van der Waals surface area contributed by atoms with Crippen molar-refractivity contribution in [1.29, 1.82) is 0 Å². The summed E-state index contributed by atoms with van der Waals surface area (Å²) in [5, 5.41) is 2.59. The predicted molar refractivity (Wildman–Crippen MR) is 209 cm³/mol. The first kappa shape index (κ1) is 20.8. The zero-order valence-electron chi connectivity index (χ0n) is 35.2. The molecule has 234 valence electrons. The Hall–Kier alpha value is -6.43. The van der Waals surface area contributed by atoms with E-state index in [1.165, 1.54) is 0 Å². The Morgan fingerprint density at radius 2 is 1.14 bits per heavy atom. The molecule has 10 aromatic rings. The van der Waals surface area contributed by atoms with Gasteiger partial charge in [0.05, 0.1) is 23.4 Å². The molecule has 5 heteroatoms. The standard InChI is InChI=1S/C45H28N4S/c1-3-12-29(13-4-1)30-22-24-32(25-23-30)43-46-44(33-26-27-36-35-16-8-10-21-40(35)50-41(36)28-33)48-45(47-43)49-38-19-9-7-17-37(38)42-34(18-11-20-39(42)49)31-14-5-2-6-15-31/h1-28H/i2D,5D,6D,7D,9D,14D,15D,17D,19D. The molecule has 0 atom stereocenters. The van der Waals surface area contributed by atoms with Crippen molar-refractivity contribution >= 4 is 53.3 Å². The Bertz CT molecular complexity index is 3350. The number of rotatable bonds is 5. The van der Waals surface area contributed by atoms with Crippen LogP contribution in [0.2, 0.25) is 0 Å². The third-order valence-electron chi connectivity index (χ3n) is 8.90. The van der Waals surface area contributed by atoms with Crippen molar-refractivity contribution in [1.82, 2.24) is 19.5 Å². The van der Waals surface area contributed by atoms with E-state index >= 15 is 0 Å². The van der Waals surface area contributed by atoms with Crippen molar-refractivity contribution in [3.8, 4) is 51.0 Å². The molecule has 10 rings (SSSR count). The number of para-hydroxylation sites is 1. The molecule has 3 aromatic heterocycles. The molecule has 7 aromatic carbocycles. The molecule has 0 saturated carbocycles. The van der Waals surface area contributed by atoms with Crippen molar-refractivity contribution < 1.29 is 12.3 Å². The molecule has 0 aliphatic rings. The van der Waals surface area contributed by atoms with Gasteiger partial charge in [-0.15, -0.1) is 11.3 Å². The van der Waals surface area contributed by atoms with Crippen LogP contribution in [0.1, 0.15) is 12.3 Å². The Morgan fingerprint density at radius 1 is 0.460 bits per heavy atom. The molecule has 0 N–H and O–H groups in total. The summed E-state index contributed by atoms with van der Waals surface area (Å²) >= 11 is 1.66. The SMILES string of the molecule is [2H]c1c([2H])c([2H])c(-c2cccc3c2c2c([2H])c([2H])c([2H])c([2H])c2n3-c2nc(-c3ccc(-c4ccccc4)cc3)nc(-c3ccc4c(c3)sc3ccccc34)n2)c([2H])c1[2H]. The molecule has 50 heavy (non-hydrogen) atoms. The number of hydrogen-bond acceptors (Lipinski definition) is 4. The average Bonchev–Trinajstić information content (AvgIpc) is 3.83. The van der Waals surface area contributed by atoms with Crippen LogP contribution in [0.4, 0.5) is 0 Å². The van der Waals surface area contributed by atoms with E-state index in [1.807, 2.05) is 84.9 Å². The van der Waals surface area contributed by atoms with Gasteiger partial charge in [0.15, 0.2) is 11.6 Å². The van der Waals surface area contributed by atoms with E-state index in [0.29, 0.717) is 28.3 Å². The first-order valence-corrected chi connectivity index (χ1v) is 16.8. The average molecular weight is 666 g/mol.